The average Bonchev–Trinajstić information content (AvgIpc) is 2.49. The Kier molecular flexibility index (Phi) is 4.51. The van der Waals surface area contributed by atoms with Crippen molar-refractivity contribution >= 4 is 15.8 Å². The van der Waals surface area contributed by atoms with Gasteiger partial charge in [-0.1, -0.05) is 12.1 Å². The summed E-state index contributed by atoms with van der Waals surface area (Å²) in [5.41, 5.74) is 2.99. The topological polar surface area (TPSA) is 88.3 Å². The van der Waals surface area contributed by atoms with Crippen LogP contribution >= 0.6 is 0 Å². The molecule has 0 unspecified atom stereocenters. The molecule has 0 aliphatic heterocycles. The zero-order valence-corrected chi connectivity index (χ0v) is 12.1. The van der Waals surface area contributed by atoms with Gasteiger partial charge in [-0.25, -0.2) is 23.6 Å². The van der Waals surface area contributed by atoms with Crippen LogP contribution in [0.25, 0.3) is 0 Å². The molecule has 0 radical (unpaired) electrons. The predicted molar refractivity (Wildman–Crippen MR) is 77.1 cm³/mol. The third-order valence-electron chi connectivity index (χ3n) is 2.91. The molecule has 0 bridgehead atoms. The Morgan fingerprint density at radius 3 is 2.57 bits per heavy atom. The van der Waals surface area contributed by atoms with Crippen LogP contribution in [0.1, 0.15) is 5.56 Å². The average molecular weight is 310 g/mol. The van der Waals surface area contributed by atoms with Crippen LogP contribution in [0.5, 0.6) is 0 Å². The lowest BCUT2D eigenvalue weighted by Crippen LogP contribution is -2.26. The lowest BCUT2D eigenvalue weighted by molar-refractivity contribution is 0.466. The van der Waals surface area contributed by atoms with Crippen LogP contribution in [0.2, 0.25) is 0 Å². The van der Waals surface area contributed by atoms with Crippen molar-refractivity contribution in [2.45, 2.75) is 11.4 Å². The van der Waals surface area contributed by atoms with Gasteiger partial charge >= 0.3 is 0 Å². The summed E-state index contributed by atoms with van der Waals surface area (Å²) in [6.45, 7) is 0.135. The van der Waals surface area contributed by atoms with Gasteiger partial charge in [0, 0.05) is 25.9 Å². The molecule has 0 saturated heterocycles. The van der Waals surface area contributed by atoms with E-state index in [1.54, 1.807) is 12.1 Å². The fourth-order valence-electron chi connectivity index (χ4n) is 1.76. The molecule has 8 heteroatoms. The molecule has 0 amide bonds. The first-order valence-corrected chi connectivity index (χ1v) is 7.51. The van der Waals surface area contributed by atoms with E-state index in [1.165, 1.54) is 41.8 Å². The Labute approximate surface area is 122 Å². The maximum absolute atomic E-state index is 12.8. The highest BCUT2D eigenvalue weighted by atomic mass is 32.2. The summed E-state index contributed by atoms with van der Waals surface area (Å²) in [7, 11) is -2.22. The molecule has 0 spiro atoms. The van der Waals surface area contributed by atoms with E-state index in [2.05, 4.69) is 10.4 Å². The smallest absolute Gasteiger partial charge is 0.243 e. The third-order valence-corrected chi connectivity index (χ3v) is 4.71. The van der Waals surface area contributed by atoms with E-state index in [4.69, 9.17) is 5.84 Å². The summed E-state index contributed by atoms with van der Waals surface area (Å²) in [4.78, 5) is 3.94. The number of nitrogens with zero attached hydrogens (tertiary/aromatic N) is 2. The molecule has 0 saturated carbocycles. The van der Waals surface area contributed by atoms with Crippen molar-refractivity contribution in [3.8, 4) is 0 Å². The van der Waals surface area contributed by atoms with E-state index in [0.717, 1.165) is 0 Å². The van der Waals surface area contributed by atoms with Crippen LogP contribution in [-0.4, -0.2) is 24.8 Å². The van der Waals surface area contributed by atoms with Gasteiger partial charge in [-0.3, -0.25) is 0 Å². The Bertz CT molecular complexity index is 719. The second kappa shape index (κ2) is 6.17. The van der Waals surface area contributed by atoms with Gasteiger partial charge in [0.05, 0.1) is 4.90 Å². The largest absolute Gasteiger partial charge is 0.308 e. The minimum absolute atomic E-state index is 0.0788. The predicted octanol–water partition coefficient (Wildman–Crippen LogP) is 1.33. The van der Waals surface area contributed by atoms with Gasteiger partial charge in [0.2, 0.25) is 10.0 Å². The van der Waals surface area contributed by atoms with Crippen molar-refractivity contribution < 1.29 is 12.8 Å². The zero-order chi connectivity index (χ0) is 15.5. The van der Waals surface area contributed by atoms with Crippen molar-refractivity contribution in [3.63, 3.8) is 0 Å². The lowest BCUT2D eigenvalue weighted by atomic mass is 10.2. The number of nitrogens with two attached hydrogens (primary N) is 1. The van der Waals surface area contributed by atoms with Gasteiger partial charge in [0.15, 0.2) is 0 Å². The Morgan fingerprint density at radius 1 is 1.29 bits per heavy atom. The van der Waals surface area contributed by atoms with E-state index >= 15 is 0 Å². The lowest BCUT2D eigenvalue weighted by Gasteiger charge is -2.17. The monoisotopic (exact) mass is 310 g/mol. The number of rotatable bonds is 5. The van der Waals surface area contributed by atoms with Crippen LogP contribution in [0.15, 0.2) is 47.5 Å². The first-order valence-electron chi connectivity index (χ1n) is 6.07. The molecule has 21 heavy (non-hydrogen) atoms. The number of nitrogen functional groups attached to an aromatic ring is 1. The van der Waals surface area contributed by atoms with Crippen LogP contribution in [0.4, 0.5) is 10.2 Å². The zero-order valence-electron chi connectivity index (χ0n) is 11.3. The van der Waals surface area contributed by atoms with Crippen LogP contribution < -0.4 is 11.3 Å². The van der Waals surface area contributed by atoms with Gasteiger partial charge < -0.3 is 5.43 Å². The molecule has 3 N–H and O–H groups in total. The number of hydrazine groups is 1. The van der Waals surface area contributed by atoms with E-state index in [9.17, 15) is 12.8 Å². The molecule has 0 aliphatic carbocycles. The minimum atomic E-state index is -3.68. The highest BCUT2D eigenvalue weighted by Crippen LogP contribution is 2.18. The number of sulfonamides is 1. The number of anilines is 1. The molecule has 0 fully saturated rings. The first kappa shape index (κ1) is 15.4. The second-order valence-electron chi connectivity index (χ2n) is 4.41. The third kappa shape index (κ3) is 3.54. The second-order valence-corrected chi connectivity index (χ2v) is 6.45. The van der Waals surface area contributed by atoms with E-state index < -0.39 is 10.0 Å². The highest BCUT2D eigenvalue weighted by Gasteiger charge is 2.21. The molecule has 6 nitrogen and oxygen atoms in total. The Morgan fingerprint density at radius 2 is 1.95 bits per heavy atom. The van der Waals surface area contributed by atoms with Crippen molar-refractivity contribution in [2.75, 3.05) is 12.5 Å². The quantitative estimate of drug-likeness (QED) is 0.642. The molecule has 1 aromatic carbocycles. The summed E-state index contributed by atoms with van der Waals surface area (Å²) in [5.74, 6) is 5.11. The summed E-state index contributed by atoms with van der Waals surface area (Å²) >= 11 is 0. The van der Waals surface area contributed by atoms with Gasteiger partial charge in [0.1, 0.15) is 11.6 Å². The number of benzene rings is 1. The van der Waals surface area contributed by atoms with Crippen molar-refractivity contribution in [3.05, 3.63) is 54.0 Å². The number of pyridine rings is 1. The molecule has 112 valence electrons. The maximum atomic E-state index is 12.8. The molecule has 0 aliphatic rings. The molecular weight excluding hydrogens is 295 g/mol. The molecule has 2 rings (SSSR count). The van der Waals surface area contributed by atoms with Gasteiger partial charge in [-0.05, 0) is 23.8 Å². The van der Waals surface area contributed by atoms with Crippen molar-refractivity contribution in [2.24, 2.45) is 5.84 Å². The molecular formula is C13H15FN4O2S. The normalized spacial score (nSPS) is 11.6. The number of halogens is 1. The van der Waals surface area contributed by atoms with Gasteiger partial charge in [-0.15, -0.1) is 0 Å². The van der Waals surface area contributed by atoms with Crippen LogP contribution in [-0.2, 0) is 16.6 Å². The number of nitrogens with one attached hydrogen (secondary N) is 1. The first-order chi connectivity index (χ1) is 9.93. The fraction of sp³-hybridized carbons (Fsp3) is 0.154. The maximum Gasteiger partial charge on any atom is 0.243 e. The summed E-state index contributed by atoms with van der Waals surface area (Å²) < 4.78 is 38.9. The number of hydrogen-bond donors (Lipinski definition) is 2. The summed E-state index contributed by atoms with van der Waals surface area (Å²) in [6.07, 6.45) is 1.35. The van der Waals surface area contributed by atoms with E-state index in [1.807, 2.05) is 0 Å². The fourth-order valence-corrected chi connectivity index (χ4v) is 2.93. The Balaban J connectivity index is 2.23. The molecule has 0 atom stereocenters. The SMILES string of the molecule is CN(Cc1ccc(F)cc1)S(=O)(=O)c1ccnc(NN)c1. The standard InChI is InChI=1S/C13H15FN4O2S/c1-18(9-10-2-4-11(14)5-3-10)21(19,20)12-6-7-16-13(8-12)17-15/h2-8H,9,15H2,1H3,(H,16,17). The molecule has 2 aromatic rings. The van der Waals surface area contributed by atoms with Crippen LogP contribution in [0.3, 0.4) is 0 Å². The van der Waals surface area contributed by atoms with E-state index in [-0.39, 0.29) is 23.1 Å². The van der Waals surface area contributed by atoms with Gasteiger partial charge in [0.25, 0.3) is 0 Å². The molecule has 1 aromatic heterocycles. The molecule has 1 heterocycles. The summed E-state index contributed by atoms with van der Waals surface area (Å²) in [6, 6.07) is 8.40. The summed E-state index contributed by atoms with van der Waals surface area (Å²) in [5, 5.41) is 0. The highest BCUT2D eigenvalue weighted by molar-refractivity contribution is 7.89. The number of aromatic nitrogens is 1. The van der Waals surface area contributed by atoms with Crippen molar-refractivity contribution in [1.82, 2.24) is 9.29 Å². The number of hydrogen-bond acceptors (Lipinski definition) is 5. The Hall–Kier alpha value is -2.03. The van der Waals surface area contributed by atoms with Gasteiger partial charge in [-0.2, -0.15) is 4.31 Å². The van der Waals surface area contributed by atoms with Crippen molar-refractivity contribution in [1.29, 1.82) is 0 Å². The minimum Gasteiger partial charge on any atom is -0.308 e. The van der Waals surface area contributed by atoms with Crippen LogP contribution in [0, 0.1) is 5.82 Å². The van der Waals surface area contributed by atoms with E-state index in [0.29, 0.717) is 5.56 Å².